The molecule has 0 aliphatic heterocycles. The second-order valence-electron chi connectivity index (χ2n) is 7.48. The van der Waals surface area contributed by atoms with Gasteiger partial charge in [0.1, 0.15) is 18.0 Å². The number of ether oxygens (including phenoxy) is 1. The molecule has 8 heteroatoms. The van der Waals surface area contributed by atoms with Crippen molar-refractivity contribution in [1.82, 2.24) is 25.4 Å². The maximum absolute atomic E-state index is 10.7. The lowest BCUT2D eigenvalue weighted by atomic mass is 10.00. The summed E-state index contributed by atoms with van der Waals surface area (Å²) in [5, 5.41) is 21.3. The summed E-state index contributed by atoms with van der Waals surface area (Å²) >= 11 is 0. The molecule has 0 radical (unpaired) electrons. The topological polar surface area (TPSA) is 96.6 Å². The van der Waals surface area contributed by atoms with E-state index < -0.39 is 5.60 Å². The molecule has 0 spiro atoms. The third kappa shape index (κ3) is 6.82. The van der Waals surface area contributed by atoms with Crippen LogP contribution in [0.3, 0.4) is 0 Å². The Morgan fingerprint density at radius 1 is 1.19 bits per heavy atom. The smallest absolute Gasteiger partial charge is 0.191 e. The van der Waals surface area contributed by atoms with Crippen LogP contribution in [0.5, 0.6) is 5.75 Å². The Morgan fingerprint density at radius 2 is 2.00 bits per heavy atom. The zero-order chi connectivity index (χ0) is 22.1. The van der Waals surface area contributed by atoms with Crippen molar-refractivity contribution in [3.05, 3.63) is 77.9 Å². The van der Waals surface area contributed by atoms with Crippen LogP contribution in [-0.2, 0) is 25.8 Å². The lowest BCUT2D eigenvalue weighted by Gasteiger charge is -2.23. The first-order valence-corrected chi connectivity index (χ1v) is 10.3. The molecule has 0 saturated carbocycles. The monoisotopic (exact) mass is 422 g/mol. The summed E-state index contributed by atoms with van der Waals surface area (Å²) in [4.78, 5) is 8.87. The van der Waals surface area contributed by atoms with Gasteiger partial charge >= 0.3 is 0 Å². The molecule has 3 aromatic rings. The van der Waals surface area contributed by atoms with Crippen LogP contribution in [0.1, 0.15) is 30.7 Å². The van der Waals surface area contributed by atoms with Crippen molar-refractivity contribution >= 4 is 5.96 Å². The molecule has 31 heavy (non-hydrogen) atoms. The molecule has 0 amide bonds. The second-order valence-corrected chi connectivity index (χ2v) is 7.48. The van der Waals surface area contributed by atoms with Crippen LogP contribution >= 0.6 is 0 Å². The number of aryl methyl sites for hydroxylation is 1. The first-order valence-electron chi connectivity index (χ1n) is 10.3. The van der Waals surface area contributed by atoms with Crippen LogP contribution in [-0.4, -0.2) is 38.9 Å². The van der Waals surface area contributed by atoms with E-state index in [9.17, 15) is 5.11 Å². The number of benzene rings is 1. The number of aliphatic imine (C=N–C) groups is 1. The normalized spacial score (nSPS) is 13.5. The summed E-state index contributed by atoms with van der Waals surface area (Å²) in [5.41, 5.74) is 1.64. The fourth-order valence-corrected chi connectivity index (χ4v) is 2.90. The first-order chi connectivity index (χ1) is 15.0. The number of guanidine groups is 1. The predicted octanol–water partition coefficient (Wildman–Crippen LogP) is 2.36. The van der Waals surface area contributed by atoms with Gasteiger partial charge in [0.05, 0.1) is 25.0 Å². The first kappa shape index (κ1) is 22.3. The fraction of sp³-hybridized carbons (Fsp3) is 0.348. The number of rotatable bonds is 9. The third-order valence-electron chi connectivity index (χ3n) is 4.73. The van der Waals surface area contributed by atoms with Crippen LogP contribution < -0.4 is 15.4 Å². The highest BCUT2D eigenvalue weighted by molar-refractivity contribution is 5.79. The summed E-state index contributed by atoms with van der Waals surface area (Å²) in [6.07, 6.45) is 5.23. The van der Waals surface area contributed by atoms with Crippen molar-refractivity contribution in [3.8, 4) is 5.75 Å². The Morgan fingerprint density at radius 3 is 2.65 bits per heavy atom. The number of aromatic nitrogens is 3. The highest BCUT2D eigenvalue weighted by Crippen LogP contribution is 2.18. The highest BCUT2D eigenvalue weighted by Gasteiger charge is 2.24. The summed E-state index contributed by atoms with van der Waals surface area (Å²) in [7, 11) is 1.83. The Hall–Kier alpha value is -3.39. The molecule has 0 aliphatic carbocycles. The van der Waals surface area contributed by atoms with E-state index in [1.165, 1.54) is 0 Å². The van der Waals surface area contributed by atoms with Crippen molar-refractivity contribution < 1.29 is 9.84 Å². The lowest BCUT2D eigenvalue weighted by Crippen LogP contribution is -2.44. The highest BCUT2D eigenvalue weighted by atomic mass is 16.5. The molecular weight excluding hydrogens is 392 g/mol. The van der Waals surface area contributed by atoms with Crippen molar-refractivity contribution in [2.45, 2.75) is 32.6 Å². The molecule has 164 valence electrons. The molecule has 0 aliphatic rings. The molecular formula is C23H30N6O2. The number of nitrogens with one attached hydrogen (secondary N) is 2. The number of pyridine rings is 1. The van der Waals surface area contributed by atoms with Crippen LogP contribution in [0.15, 0.2) is 66.0 Å². The Balaban J connectivity index is 1.54. The lowest BCUT2D eigenvalue weighted by molar-refractivity contribution is 0.0616. The van der Waals surface area contributed by atoms with Crippen LogP contribution in [0, 0.1) is 0 Å². The molecule has 3 rings (SSSR count). The molecule has 8 nitrogen and oxygen atoms in total. The van der Waals surface area contributed by atoms with E-state index >= 15 is 0 Å². The zero-order valence-electron chi connectivity index (χ0n) is 18.2. The van der Waals surface area contributed by atoms with Crippen molar-refractivity contribution in [1.29, 1.82) is 0 Å². The number of hydrogen-bond donors (Lipinski definition) is 3. The van der Waals surface area contributed by atoms with Gasteiger partial charge in [0, 0.05) is 31.5 Å². The molecule has 1 atom stereocenters. The van der Waals surface area contributed by atoms with Gasteiger partial charge in [-0.05, 0) is 43.7 Å². The average molecular weight is 423 g/mol. The van der Waals surface area contributed by atoms with Gasteiger partial charge in [-0.25, -0.2) is 4.99 Å². The van der Waals surface area contributed by atoms with Gasteiger partial charge in [-0.1, -0.05) is 18.2 Å². The average Bonchev–Trinajstić information content (AvgIpc) is 3.23. The molecule has 3 N–H and O–H groups in total. The maximum atomic E-state index is 10.7. The van der Waals surface area contributed by atoms with E-state index in [4.69, 9.17) is 4.74 Å². The molecule has 0 fully saturated rings. The Kier molecular flexibility index (Phi) is 7.61. The summed E-state index contributed by atoms with van der Waals surface area (Å²) < 4.78 is 7.45. The standard InChI is InChI=1S/C23H30N6O2/c1-4-24-22(27-17-23(2,30)19-14-28-29(3)15-19)26-13-18-8-10-21(11-9-18)31-16-20-7-5-6-12-25-20/h5-12,14-15,30H,4,13,16-17H2,1-3H3,(H2,24,26,27). The van der Waals surface area contributed by atoms with Crippen LogP contribution in [0.25, 0.3) is 0 Å². The summed E-state index contributed by atoms with van der Waals surface area (Å²) in [6.45, 7) is 5.73. The van der Waals surface area contributed by atoms with E-state index in [-0.39, 0.29) is 0 Å². The van der Waals surface area contributed by atoms with Crippen molar-refractivity contribution in [3.63, 3.8) is 0 Å². The van der Waals surface area contributed by atoms with E-state index in [2.05, 4.69) is 25.7 Å². The minimum Gasteiger partial charge on any atom is -0.487 e. The minimum atomic E-state index is -1.06. The van der Waals surface area contributed by atoms with E-state index in [1.807, 2.05) is 62.6 Å². The quantitative estimate of drug-likeness (QED) is 0.362. The molecule has 0 saturated heterocycles. The van der Waals surface area contributed by atoms with Crippen molar-refractivity contribution in [2.75, 3.05) is 13.1 Å². The van der Waals surface area contributed by atoms with Gasteiger partial charge in [-0.15, -0.1) is 0 Å². The summed E-state index contributed by atoms with van der Waals surface area (Å²) in [6, 6.07) is 13.6. The van der Waals surface area contributed by atoms with E-state index in [0.717, 1.165) is 29.1 Å². The summed E-state index contributed by atoms with van der Waals surface area (Å²) in [5.74, 6) is 1.43. The molecule has 1 aromatic carbocycles. The van der Waals surface area contributed by atoms with Gasteiger partial charge in [0.15, 0.2) is 5.96 Å². The largest absolute Gasteiger partial charge is 0.487 e. The van der Waals surface area contributed by atoms with Gasteiger partial charge in [0.25, 0.3) is 0 Å². The maximum Gasteiger partial charge on any atom is 0.191 e. The van der Waals surface area contributed by atoms with Gasteiger partial charge in [0.2, 0.25) is 0 Å². The molecule has 2 heterocycles. The zero-order valence-corrected chi connectivity index (χ0v) is 18.2. The third-order valence-corrected chi connectivity index (χ3v) is 4.73. The number of nitrogens with zero attached hydrogens (tertiary/aromatic N) is 4. The Labute approximate surface area is 183 Å². The van der Waals surface area contributed by atoms with Gasteiger partial charge in [-0.2, -0.15) is 5.10 Å². The minimum absolute atomic E-state index is 0.310. The fourth-order valence-electron chi connectivity index (χ4n) is 2.90. The van der Waals surface area contributed by atoms with Crippen LogP contribution in [0.4, 0.5) is 0 Å². The van der Waals surface area contributed by atoms with Crippen LogP contribution in [0.2, 0.25) is 0 Å². The Bertz CT molecular complexity index is 967. The second kappa shape index (κ2) is 10.6. The van der Waals surface area contributed by atoms with Crippen molar-refractivity contribution in [2.24, 2.45) is 12.0 Å². The molecule has 1 unspecified atom stereocenters. The van der Waals surface area contributed by atoms with E-state index in [0.29, 0.717) is 25.7 Å². The molecule has 2 aromatic heterocycles. The predicted molar refractivity (Wildman–Crippen MR) is 121 cm³/mol. The number of hydrogen-bond acceptors (Lipinski definition) is 5. The SMILES string of the molecule is CCNC(=NCc1ccc(OCc2ccccn2)cc1)NCC(C)(O)c1cnn(C)c1. The van der Waals surface area contributed by atoms with E-state index in [1.54, 1.807) is 24.0 Å². The van der Waals surface area contributed by atoms with Gasteiger partial charge in [-0.3, -0.25) is 9.67 Å². The van der Waals surface area contributed by atoms with Gasteiger partial charge < -0.3 is 20.5 Å². The number of aliphatic hydroxyl groups is 1. The molecule has 0 bridgehead atoms.